The molecule has 1 aromatic carbocycles. The Morgan fingerprint density at radius 2 is 1.82 bits per heavy atom. The molecule has 1 aromatic heterocycles. The summed E-state index contributed by atoms with van der Waals surface area (Å²) in [7, 11) is 0. The highest BCUT2D eigenvalue weighted by Gasteiger charge is 2.35. The highest BCUT2D eigenvalue weighted by atomic mass is 16.5. The number of carbonyl (C=O) groups is 2. The second-order valence-electron chi connectivity index (χ2n) is 7.85. The number of rotatable bonds is 4. The molecule has 0 N–H and O–H groups in total. The van der Waals surface area contributed by atoms with Crippen molar-refractivity contribution in [1.82, 2.24) is 14.7 Å². The first kappa shape index (κ1) is 18.7. The summed E-state index contributed by atoms with van der Waals surface area (Å²) in [6.07, 6.45) is 8.76. The second kappa shape index (κ2) is 8.17. The van der Waals surface area contributed by atoms with Crippen molar-refractivity contribution in [3.8, 4) is 5.69 Å². The number of nitrogens with zero attached hydrogens (tertiary/aromatic N) is 3. The van der Waals surface area contributed by atoms with Crippen LogP contribution in [0.25, 0.3) is 5.69 Å². The van der Waals surface area contributed by atoms with Gasteiger partial charge < -0.3 is 9.64 Å². The Kier molecular flexibility index (Phi) is 5.46. The Morgan fingerprint density at radius 1 is 1.07 bits per heavy atom. The molecule has 2 fully saturated rings. The number of aryl methyl sites for hydroxylation is 1. The van der Waals surface area contributed by atoms with Crippen molar-refractivity contribution in [2.45, 2.75) is 51.5 Å². The molecule has 4 rings (SSSR count). The number of ether oxygens (including phenoxy) is 1. The number of likely N-dealkylation sites (tertiary alicyclic amines) is 1. The van der Waals surface area contributed by atoms with Gasteiger partial charge in [-0.3, -0.25) is 4.79 Å². The van der Waals surface area contributed by atoms with Crippen molar-refractivity contribution in [2.24, 2.45) is 5.92 Å². The molecule has 0 unspecified atom stereocenters. The summed E-state index contributed by atoms with van der Waals surface area (Å²) in [5, 5.41) is 4.26. The molecule has 1 amide bonds. The van der Waals surface area contributed by atoms with Gasteiger partial charge in [0.15, 0.2) is 6.61 Å². The fraction of sp³-hybridized carbons (Fsp3) is 0.500. The molecule has 1 aliphatic heterocycles. The van der Waals surface area contributed by atoms with Crippen molar-refractivity contribution < 1.29 is 14.3 Å². The number of amides is 1. The molecule has 2 aliphatic rings. The number of benzene rings is 1. The molecule has 1 aliphatic carbocycles. The van der Waals surface area contributed by atoms with Gasteiger partial charge in [-0.25, -0.2) is 9.48 Å². The van der Waals surface area contributed by atoms with Crippen LogP contribution in [0.3, 0.4) is 0 Å². The lowest BCUT2D eigenvalue weighted by molar-refractivity contribution is -0.140. The van der Waals surface area contributed by atoms with Gasteiger partial charge in [-0.2, -0.15) is 5.10 Å². The van der Waals surface area contributed by atoms with E-state index in [1.165, 1.54) is 25.7 Å². The lowest BCUT2D eigenvalue weighted by Gasteiger charge is -2.44. The van der Waals surface area contributed by atoms with Crippen LogP contribution in [0.5, 0.6) is 0 Å². The van der Waals surface area contributed by atoms with E-state index in [1.807, 2.05) is 30.0 Å². The Hall–Kier alpha value is -2.63. The molecule has 0 radical (unpaired) electrons. The van der Waals surface area contributed by atoms with Crippen LogP contribution in [0, 0.1) is 12.8 Å². The van der Waals surface area contributed by atoms with E-state index in [4.69, 9.17) is 4.74 Å². The highest BCUT2D eigenvalue weighted by molar-refractivity contribution is 5.91. The number of fused-ring (bicyclic) bond motifs is 1. The predicted molar refractivity (Wildman–Crippen MR) is 105 cm³/mol. The summed E-state index contributed by atoms with van der Waals surface area (Å²) in [4.78, 5) is 27.0. The average Bonchev–Trinajstić information content (AvgIpc) is 3.17. The van der Waals surface area contributed by atoms with Gasteiger partial charge in [-0.1, -0.05) is 12.8 Å². The van der Waals surface area contributed by atoms with E-state index in [0.29, 0.717) is 17.5 Å². The molecule has 1 saturated carbocycles. The van der Waals surface area contributed by atoms with Crippen LogP contribution < -0.4 is 0 Å². The van der Waals surface area contributed by atoms with Crippen LogP contribution in [-0.2, 0) is 9.53 Å². The van der Waals surface area contributed by atoms with Crippen molar-refractivity contribution in [3.05, 3.63) is 47.8 Å². The fourth-order valence-electron chi connectivity index (χ4n) is 4.61. The topological polar surface area (TPSA) is 64.4 Å². The Bertz CT molecular complexity index is 841. The molecule has 1 saturated heterocycles. The van der Waals surface area contributed by atoms with Gasteiger partial charge >= 0.3 is 5.97 Å². The Labute approximate surface area is 165 Å². The van der Waals surface area contributed by atoms with Gasteiger partial charge in [0, 0.05) is 24.5 Å². The molecule has 0 bridgehead atoms. The van der Waals surface area contributed by atoms with E-state index in [0.717, 1.165) is 30.8 Å². The Morgan fingerprint density at radius 3 is 2.57 bits per heavy atom. The predicted octanol–water partition coefficient (Wildman–Crippen LogP) is 3.52. The van der Waals surface area contributed by atoms with Crippen LogP contribution in [0.4, 0.5) is 0 Å². The lowest BCUT2D eigenvalue weighted by Crippen LogP contribution is -2.50. The zero-order chi connectivity index (χ0) is 19.5. The number of piperidine rings is 1. The summed E-state index contributed by atoms with van der Waals surface area (Å²) < 4.78 is 7.13. The molecule has 28 heavy (non-hydrogen) atoms. The SMILES string of the molecule is Cc1ccnn1-c1ccc(C(=O)OCC(=O)N2CCC[C@H]3CCCC[C@H]32)cc1. The van der Waals surface area contributed by atoms with Gasteiger partial charge in [0.25, 0.3) is 5.91 Å². The van der Waals surface area contributed by atoms with E-state index in [2.05, 4.69) is 5.10 Å². The van der Waals surface area contributed by atoms with E-state index < -0.39 is 5.97 Å². The van der Waals surface area contributed by atoms with Crippen molar-refractivity contribution in [1.29, 1.82) is 0 Å². The largest absolute Gasteiger partial charge is 0.452 e. The molecule has 0 spiro atoms. The minimum absolute atomic E-state index is 0.0614. The third-order valence-electron chi connectivity index (χ3n) is 6.07. The van der Waals surface area contributed by atoms with E-state index >= 15 is 0 Å². The molecule has 2 atom stereocenters. The summed E-state index contributed by atoms with van der Waals surface area (Å²) in [5.74, 6) is 0.100. The first-order valence-electron chi connectivity index (χ1n) is 10.2. The van der Waals surface area contributed by atoms with Crippen molar-refractivity contribution in [3.63, 3.8) is 0 Å². The summed E-state index contributed by atoms with van der Waals surface area (Å²) >= 11 is 0. The maximum Gasteiger partial charge on any atom is 0.338 e. The van der Waals surface area contributed by atoms with Gasteiger partial charge in [-0.15, -0.1) is 0 Å². The Balaban J connectivity index is 1.35. The molecule has 6 heteroatoms. The molecule has 6 nitrogen and oxygen atoms in total. The van der Waals surface area contributed by atoms with Gasteiger partial charge in [0.1, 0.15) is 0 Å². The molecule has 2 aromatic rings. The monoisotopic (exact) mass is 381 g/mol. The summed E-state index contributed by atoms with van der Waals surface area (Å²) in [6.45, 7) is 2.58. The quantitative estimate of drug-likeness (QED) is 0.760. The zero-order valence-corrected chi connectivity index (χ0v) is 16.3. The van der Waals surface area contributed by atoms with E-state index in [-0.39, 0.29) is 12.5 Å². The first-order valence-corrected chi connectivity index (χ1v) is 10.2. The first-order chi connectivity index (χ1) is 13.6. The third-order valence-corrected chi connectivity index (χ3v) is 6.07. The third kappa shape index (κ3) is 3.81. The van der Waals surface area contributed by atoms with Crippen molar-refractivity contribution in [2.75, 3.05) is 13.2 Å². The maximum atomic E-state index is 12.7. The highest BCUT2D eigenvalue weighted by Crippen LogP contribution is 2.35. The number of hydrogen-bond donors (Lipinski definition) is 0. The number of hydrogen-bond acceptors (Lipinski definition) is 4. The van der Waals surface area contributed by atoms with E-state index in [1.54, 1.807) is 23.0 Å². The standard InChI is InChI=1S/C22H27N3O3/c1-16-12-13-23-25(16)19-10-8-18(9-11-19)22(27)28-15-21(26)24-14-4-6-17-5-2-3-7-20(17)24/h8-13,17,20H,2-7,14-15H2,1H3/t17-,20-/m1/s1. The minimum atomic E-state index is -0.464. The fourth-order valence-corrected chi connectivity index (χ4v) is 4.61. The summed E-state index contributed by atoms with van der Waals surface area (Å²) in [6, 6.07) is 9.34. The van der Waals surface area contributed by atoms with Gasteiger partial charge in [0.05, 0.1) is 11.3 Å². The van der Waals surface area contributed by atoms with Crippen LogP contribution >= 0.6 is 0 Å². The second-order valence-corrected chi connectivity index (χ2v) is 7.85. The maximum absolute atomic E-state index is 12.7. The smallest absolute Gasteiger partial charge is 0.338 e. The molecule has 148 valence electrons. The molecular weight excluding hydrogens is 354 g/mol. The van der Waals surface area contributed by atoms with Gasteiger partial charge in [0.2, 0.25) is 0 Å². The van der Waals surface area contributed by atoms with E-state index in [9.17, 15) is 9.59 Å². The van der Waals surface area contributed by atoms with Crippen LogP contribution in [0.1, 0.15) is 54.6 Å². The lowest BCUT2D eigenvalue weighted by atomic mass is 9.78. The normalized spacial score (nSPS) is 21.8. The van der Waals surface area contributed by atoms with Crippen LogP contribution in [0.2, 0.25) is 0 Å². The average molecular weight is 381 g/mol. The molecular formula is C22H27N3O3. The molecule has 2 heterocycles. The van der Waals surface area contributed by atoms with Crippen LogP contribution in [0.15, 0.2) is 36.5 Å². The summed E-state index contributed by atoms with van der Waals surface area (Å²) in [5.41, 5.74) is 2.34. The number of carbonyl (C=O) groups excluding carboxylic acids is 2. The van der Waals surface area contributed by atoms with Crippen LogP contribution in [-0.4, -0.2) is 45.8 Å². The zero-order valence-electron chi connectivity index (χ0n) is 16.3. The number of aromatic nitrogens is 2. The van der Waals surface area contributed by atoms with Crippen molar-refractivity contribution >= 4 is 11.9 Å². The number of esters is 1. The minimum Gasteiger partial charge on any atom is -0.452 e. The van der Waals surface area contributed by atoms with Gasteiger partial charge in [-0.05, 0) is 68.9 Å².